The number of aliphatic imine (C=N–C) groups is 1. The van der Waals surface area contributed by atoms with E-state index in [1.807, 2.05) is 19.2 Å². The first-order chi connectivity index (χ1) is 30.3. The molecule has 0 bridgehead atoms. The van der Waals surface area contributed by atoms with Gasteiger partial charge in [-0.2, -0.15) is 0 Å². The van der Waals surface area contributed by atoms with Crippen molar-refractivity contribution in [1.29, 1.82) is 0 Å². The van der Waals surface area contributed by atoms with Crippen LogP contribution in [-0.4, -0.2) is 21.5 Å². The van der Waals surface area contributed by atoms with Gasteiger partial charge in [-0.25, -0.2) is 4.98 Å². The van der Waals surface area contributed by atoms with Crippen molar-refractivity contribution < 1.29 is 33.3 Å². The third kappa shape index (κ3) is 8.05. The number of benzene rings is 5. The number of fused-ring (bicyclic) bond motifs is 6. The topological polar surface area (TPSA) is 48.6 Å². The zero-order valence-electron chi connectivity index (χ0n) is 42.0. The van der Waals surface area contributed by atoms with E-state index in [1.165, 1.54) is 16.7 Å². The number of aromatic nitrogens is 2. The van der Waals surface area contributed by atoms with E-state index in [1.54, 1.807) is 0 Å². The number of aryl methyl sites for hydroxylation is 2. The number of rotatable bonds is 6. The Bertz CT molecular complexity index is 3090. The van der Waals surface area contributed by atoms with Gasteiger partial charge in [-0.1, -0.05) is 147 Å². The number of hydrogen-bond donors (Lipinski definition) is 0. The van der Waals surface area contributed by atoms with E-state index in [0.29, 0.717) is 28.5 Å². The maximum absolute atomic E-state index is 9.24. The largest absolute Gasteiger partial charge is 2.00 e. The molecule has 0 unspecified atom stereocenters. The summed E-state index contributed by atoms with van der Waals surface area (Å²) < 4.78 is 34.8. The fraction of sp³-hybridized carbons (Fsp3) is 0.379. The van der Waals surface area contributed by atoms with E-state index in [0.717, 1.165) is 61.0 Å². The SMILES string of the molecule is [2H]C1([2H])C[C@H]2N=C(c3[c-]c(Oc4[c-]c(-n5c6ccc(C(C)(C)C)cc6c6cccnc65)cc(C(C)(C)C)c4)cc(-c4c(C(C)C)cccc4C(C)(C)C)c3)O[C@@]2(C)c2cc(C)cc(C)c21.[Pt+2]. The van der Waals surface area contributed by atoms with Crippen LogP contribution in [0.1, 0.15) is 148 Å². The summed E-state index contributed by atoms with van der Waals surface area (Å²) in [5.74, 6) is 1.74. The molecule has 5 aromatic carbocycles. The van der Waals surface area contributed by atoms with Gasteiger partial charge in [0.15, 0.2) is 0 Å². The van der Waals surface area contributed by atoms with Crippen LogP contribution in [0.4, 0.5) is 0 Å². The molecule has 0 saturated heterocycles. The maximum atomic E-state index is 9.24. The quantitative estimate of drug-likeness (QED) is 0.156. The van der Waals surface area contributed by atoms with E-state index < -0.39 is 18.0 Å². The van der Waals surface area contributed by atoms with Gasteiger partial charge in [0.1, 0.15) is 17.1 Å². The van der Waals surface area contributed by atoms with Crippen LogP contribution in [-0.2, 0) is 54.0 Å². The Morgan fingerprint density at radius 2 is 1.55 bits per heavy atom. The Kier molecular flexibility index (Phi) is 10.8. The van der Waals surface area contributed by atoms with E-state index in [2.05, 4.69) is 186 Å². The van der Waals surface area contributed by atoms with Crippen LogP contribution in [0.5, 0.6) is 11.5 Å². The molecule has 1 aliphatic carbocycles. The van der Waals surface area contributed by atoms with Crippen LogP contribution in [0.3, 0.4) is 0 Å². The van der Waals surface area contributed by atoms with Gasteiger partial charge >= 0.3 is 21.1 Å². The van der Waals surface area contributed by atoms with Crippen LogP contribution in [0.2, 0.25) is 0 Å². The minimum Gasteiger partial charge on any atom is -0.508 e. The first kappa shape index (κ1) is 42.9. The minimum atomic E-state index is -1.57. The molecule has 0 N–H and O–H groups in total. The monoisotopic (exact) mass is 1030 g/mol. The fourth-order valence-corrected chi connectivity index (χ4v) is 9.62. The Morgan fingerprint density at radius 3 is 2.25 bits per heavy atom. The van der Waals surface area contributed by atoms with Crippen molar-refractivity contribution in [3.8, 4) is 28.3 Å². The first-order valence-corrected chi connectivity index (χ1v) is 22.6. The molecule has 0 fully saturated rings. The van der Waals surface area contributed by atoms with Gasteiger partial charge in [-0.3, -0.25) is 4.99 Å². The predicted octanol–water partition coefficient (Wildman–Crippen LogP) is 14.9. The predicted molar refractivity (Wildman–Crippen MR) is 261 cm³/mol. The fourth-order valence-electron chi connectivity index (χ4n) is 9.62. The van der Waals surface area contributed by atoms with Gasteiger partial charge < -0.3 is 14.0 Å². The zero-order valence-corrected chi connectivity index (χ0v) is 42.3. The van der Waals surface area contributed by atoms with Gasteiger partial charge in [0.2, 0.25) is 0 Å². The third-order valence-corrected chi connectivity index (χ3v) is 13.1. The molecule has 0 spiro atoms. The van der Waals surface area contributed by atoms with Gasteiger partial charge in [-0.15, -0.1) is 29.8 Å². The number of hydrogen-bond acceptors (Lipinski definition) is 4. The van der Waals surface area contributed by atoms with Crippen molar-refractivity contribution in [3.63, 3.8) is 0 Å². The minimum absolute atomic E-state index is 0. The number of pyridine rings is 1. The summed E-state index contributed by atoms with van der Waals surface area (Å²) in [7, 11) is 0. The Balaban J connectivity index is 0.00000592. The third-order valence-electron chi connectivity index (χ3n) is 13.1. The average Bonchev–Trinajstić information content (AvgIpc) is 3.73. The zero-order chi connectivity index (χ0) is 46.8. The molecule has 0 saturated carbocycles. The van der Waals surface area contributed by atoms with Crippen LogP contribution >= 0.6 is 0 Å². The van der Waals surface area contributed by atoms with Crippen molar-refractivity contribution in [1.82, 2.24) is 9.55 Å². The molecule has 0 amide bonds. The van der Waals surface area contributed by atoms with E-state index in [4.69, 9.17) is 19.5 Å². The summed E-state index contributed by atoms with van der Waals surface area (Å²) in [5.41, 5.74) is 12.7. The summed E-state index contributed by atoms with van der Waals surface area (Å²) >= 11 is 0. The molecule has 2 aliphatic rings. The summed E-state index contributed by atoms with van der Waals surface area (Å²) in [6.45, 7) is 30.8. The second-order valence-corrected chi connectivity index (χ2v) is 21.5. The van der Waals surface area contributed by atoms with Gasteiger partial charge in [0, 0.05) is 31.2 Å². The molecule has 2 atom stereocenters. The molecule has 64 heavy (non-hydrogen) atoms. The van der Waals surface area contributed by atoms with Gasteiger partial charge in [0.25, 0.3) is 0 Å². The Morgan fingerprint density at radius 1 is 0.812 bits per heavy atom. The second-order valence-electron chi connectivity index (χ2n) is 21.5. The van der Waals surface area contributed by atoms with Crippen molar-refractivity contribution in [2.24, 2.45) is 4.99 Å². The average molecular weight is 1030 g/mol. The summed E-state index contributed by atoms with van der Waals surface area (Å²) in [5, 5.41) is 2.23. The second kappa shape index (κ2) is 16.2. The molecule has 6 heteroatoms. The standard InChI is InChI=1S/C58H63N3O2.Pt/c1-34(2)44-17-15-19-48(57(11,12)13)52(44)37-27-38(54-60-51-23-21-45-36(4)25-35(3)26-49(45)58(51,14)63-54)29-42(28-37)62-43-31-40(56(8,9)10)30-41(33-43)61-50-22-20-39(55(5,6)7)32-47(50)46-18-16-24-59-53(46)61;/h15-20,22,24-28,30-32,34,51H,21,23H2,1-14H3;/q-2;+2/t51-,58+;/m1./s1/i21D2;. The molecular formula is C58H63N3O2Pt. The molecule has 7 aromatic rings. The van der Waals surface area contributed by atoms with Crippen LogP contribution in [0.25, 0.3) is 38.8 Å². The normalized spacial score (nSPS) is 18.8. The summed E-state index contributed by atoms with van der Waals surface area (Å²) in [6.07, 6.45) is 0.503. The smallest absolute Gasteiger partial charge is 0.508 e. The van der Waals surface area contributed by atoms with Gasteiger partial charge in [-0.05, 0) is 119 Å². The molecule has 0 radical (unpaired) electrons. The van der Waals surface area contributed by atoms with Gasteiger partial charge in [0.05, 0.1) is 11.6 Å². The molecule has 3 heterocycles. The molecule has 332 valence electrons. The molecule has 2 aromatic heterocycles. The van der Waals surface area contributed by atoms with Crippen molar-refractivity contribution in [2.45, 2.75) is 144 Å². The van der Waals surface area contributed by atoms with Crippen molar-refractivity contribution in [3.05, 3.63) is 153 Å². The number of ether oxygens (including phenoxy) is 2. The van der Waals surface area contributed by atoms with Crippen LogP contribution < -0.4 is 4.74 Å². The van der Waals surface area contributed by atoms with Crippen LogP contribution in [0.15, 0.2) is 96.1 Å². The van der Waals surface area contributed by atoms with Crippen molar-refractivity contribution in [2.75, 3.05) is 0 Å². The Labute approximate surface area is 398 Å². The van der Waals surface area contributed by atoms with Crippen molar-refractivity contribution >= 4 is 27.8 Å². The molecular weight excluding hydrogens is 966 g/mol. The van der Waals surface area contributed by atoms with E-state index in [9.17, 15) is 2.74 Å². The summed E-state index contributed by atoms with van der Waals surface area (Å²) in [6, 6.07) is 37.1. The van der Waals surface area contributed by atoms with Crippen LogP contribution in [0, 0.1) is 26.0 Å². The molecule has 9 rings (SSSR count). The number of nitrogens with zero attached hydrogens (tertiary/aromatic N) is 3. The Hall–Kier alpha value is -4.99. The molecule has 5 nitrogen and oxygen atoms in total. The maximum Gasteiger partial charge on any atom is 2.00 e. The van der Waals surface area contributed by atoms with E-state index >= 15 is 0 Å². The summed E-state index contributed by atoms with van der Waals surface area (Å²) in [4.78, 5) is 10.2. The first-order valence-electron chi connectivity index (χ1n) is 23.6. The molecule has 1 aliphatic heterocycles. The van der Waals surface area contributed by atoms with E-state index in [-0.39, 0.29) is 49.6 Å².